The van der Waals surface area contributed by atoms with Crippen LogP contribution in [0.25, 0.3) is 11.1 Å². The minimum atomic E-state index is -0.898. The van der Waals surface area contributed by atoms with Crippen LogP contribution in [0.15, 0.2) is 66.7 Å². The molecule has 0 aromatic heterocycles. The molecule has 3 aliphatic carbocycles. The Morgan fingerprint density at radius 1 is 1.07 bits per heavy atom. The number of hydrogen-bond acceptors (Lipinski definition) is 9. The molecule has 11 nitrogen and oxygen atoms in total. The number of nitrogens with zero attached hydrogens (tertiary/aromatic N) is 2. The Morgan fingerprint density at radius 3 is 2.50 bits per heavy atom. The first kappa shape index (κ1) is 40.2. The van der Waals surface area contributed by atoms with E-state index in [9.17, 15) is 19.8 Å². The highest BCUT2D eigenvalue weighted by Crippen LogP contribution is 2.61. The van der Waals surface area contributed by atoms with Crippen LogP contribution in [0.4, 0.5) is 5.69 Å². The maximum absolute atomic E-state index is 14.3. The Hall–Kier alpha value is -4.00. The first-order valence-corrected chi connectivity index (χ1v) is 20.4. The van der Waals surface area contributed by atoms with Crippen molar-refractivity contribution < 1.29 is 29.4 Å². The standard InChI is InChI=1S/C45H61N5O6/c1-26-36-21-32(45(36,3)4)22-38(26)48-44(54)41-40(27(2)52)39(25-51)56-50(41)24-29-14-11-15-35(42(29)55-7)30-18-31(20-34(19-30)49(5)6)43(53)46-23-33-16-17-37(47-33)28-12-9-8-10-13-28/h8-15,18-20,26-27,32-33,36-41,47,51-52H,16-17,21-25H2,1-7H3,(H,46,53)(H,48,54)/t26-,27-,32+,33+,36-,37-,38-,39-,40-,41-/m0/s1. The van der Waals surface area contributed by atoms with Crippen molar-refractivity contribution in [3.05, 3.63) is 83.4 Å². The Kier molecular flexibility index (Phi) is 11.8. The quantitative estimate of drug-likeness (QED) is 0.157. The normalized spacial score (nSPS) is 30.0. The summed E-state index contributed by atoms with van der Waals surface area (Å²) < 4.78 is 6.09. The molecule has 0 unspecified atom stereocenters. The van der Waals surface area contributed by atoms with E-state index in [1.54, 1.807) is 19.1 Å². The molecular formula is C45H61N5O6. The second kappa shape index (κ2) is 16.5. The number of hydroxylamine groups is 2. The smallest absolute Gasteiger partial charge is 0.251 e. The first-order valence-electron chi connectivity index (χ1n) is 20.4. The van der Waals surface area contributed by atoms with Gasteiger partial charge in [0.25, 0.3) is 5.91 Å². The highest BCUT2D eigenvalue weighted by molar-refractivity contribution is 5.97. The third kappa shape index (κ3) is 7.81. The van der Waals surface area contributed by atoms with Gasteiger partial charge in [-0.3, -0.25) is 14.4 Å². The van der Waals surface area contributed by atoms with E-state index in [-0.39, 0.29) is 48.5 Å². The zero-order chi connectivity index (χ0) is 39.9. The van der Waals surface area contributed by atoms with E-state index in [2.05, 4.69) is 61.0 Å². The summed E-state index contributed by atoms with van der Waals surface area (Å²) in [4.78, 5) is 36.3. The molecule has 2 amide bonds. The number of amides is 2. The van der Waals surface area contributed by atoms with E-state index < -0.39 is 24.2 Å². The number of benzene rings is 3. The van der Waals surface area contributed by atoms with Gasteiger partial charge >= 0.3 is 0 Å². The molecule has 56 heavy (non-hydrogen) atoms. The van der Waals surface area contributed by atoms with E-state index >= 15 is 0 Å². The lowest BCUT2D eigenvalue weighted by Gasteiger charge is -2.62. The molecule has 302 valence electrons. The summed E-state index contributed by atoms with van der Waals surface area (Å²) in [7, 11) is 5.51. The Morgan fingerprint density at radius 2 is 1.84 bits per heavy atom. The monoisotopic (exact) mass is 767 g/mol. The number of rotatable bonds is 13. The average Bonchev–Trinajstić information content (AvgIpc) is 3.82. The molecule has 5 N–H and O–H groups in total. The van der Waals surface area contributed by atoms with Gasteiger partial charge in [0.1, 0.15) is 17.9 Å². The number of fused-ring (bicyclic) bond motifs is 2. The Balaban J connectivity index is 1.11. The third-order valence-electron chi connectivity index (χ3n) is 13.6. The summed E-state index contributed by atoms with van der Waals surface area (Å²) >= 11 is 0. The lowest BCUT2D eigenvalue weighted by molar-refractivity contribution is -0.183. The molecule has 0 radical (unpaired) electrons. The van der Waals surface area contributed by atoms with Crippen molar-refractivity contribution in [2.75, 3.05) is 39.3 Å². The Labute approximate surface area is 332 Å². The highest BCUT2D eigenvalue weighted by atomic mass is 16.7. The van der Waals surface area contributed by atoms with Crippen molar-refractivity contribution in [2.24, 2.45) is 29.1 Å². The van der Waals surface area contributed by atoms with Crippen LogP contribution < -0.4 is 25.6 Å². The van der Waals surface area contributed by atoms with Gasteiger partial charge in [-0.05, 0) is 85.1 Å². The molecule has 2 saturated heterocycles. The minimum Gasteiger partial charge on any atom is -0.496 e. The second-order valence-electron chi connectivity index (χ2n) is 17.5. The molecule has 3 aromatic carbocycles. The number of carbonyl (C=O) groups is 2. The molecule has 10 atom stereocenters. The molecular weight excluding hydrogens is 707 g/mol. The van der Waals surface area contributed by atoms with Gasteiger partial charge in [-0.25, -0.2) is 0 Å². The van der Waals surface area contributed by atoms with Gasteiger partial charge in [-0.1, -0.05) is 69.3 Å². The summed E-state index contributed by atoms with van der Waals surface area (Å²) in [6, 6.07) is 21.7. The zero-order valence-corrected chi connectivity index (χ0v) is 34.0. The summed E-state index contributed by atoms with van der Waals surface area (Å²) in [5.41, 5.74) is 5.32. The molecule has 2 bridgehead atoms. The summed E-state index contributed by atoms with van der Waals surface area (Å²) in [5.74, 6) is 1.06. The van der Waals surface area contributed by atoms with Crippen LogP contribution in [-0.2, 0) is 16.2 Å². The van der Waals surface area contributed by atoms with Gasteiger partial charge in [-0.15, -0.1) is 0 Å². The molecule has 2 aliphatic heterocycles. The minimum absolute atomic E-state index is 0.0396. The largest absolute Gasteiger partial charge is 0.496 e. The van der Waals surface area contributed by atoms with Gasteiger partial charge in [0.15, 0.2) is 0 Å². The average molecular weight is 768 g/mol. The van der Waals surface area contributed by atoms with E-state index in [4.69, 9.17) is 9.57 Å². The van der Waals surface area contributed by atoms with Crippen LogP contribution in [0.1, 0.15) is 80.9 Å². The van der Waals surface area contributed by atoms with Crippen LogP contribution in [0.2, 0.25) is 0 Å². The van der Waals surface area contributed by atoms with Gasteiger partial charge in [0, 0.05) is 67.1 Å². The van der Waals surface area contributed by atoms with E-state index in [1.165, 1.54) is 12.0 Å². The van der Waals surface area contributed by atoms with Crippen molar-refractivity contribution in [2.45, 2.75) is 96.3 Å². The topological polar surface area (TPSA) is 136 Å². The first-order chi connectivity index (χ1) is 26.8. The van der Waals surface area contributed by atoms with Gasteiger partial charge in [0.2, 0.25) is 5.91 Å². The highest BCUT2D eigenvalue weighted by Gasteiger charge is 2.57. The van der Waals surface area contributed by atoms with Crippen LogP contribution in [0, 0.1) is 29.1 Å². The van der Waals surface area contributed by atoms with Crippen LogP contribution in [-0.4, -0.2) is 91.8 Å². The SMILES string of the molecule is COc1c(CN2O[C@@H](CO)[C@H]([C@H](C)O)[C@H]2C(=O)N[C@H]2C[C@H]3C[C@@H]([C@@H]2C)C3(C)C)cccc1-c1cc(C(=O)NC[C@H]2CC[C@@H](c3ccccc3)N2)cc(N(C)C)c1. The van der Waals surface area contributed by atoms with Crippen molar-refractivity contribution >= 4 is 17.5 Å². The maximum atomic E-state index is 14.3. The van der Waals surface area contributed by atoms with Gasteiger partial charge in [0.05, 0.1) is 26.4 Å². The molecule has 11 heteroatoms. The van der Waals surface area contributed by atoms with Crippen molar-refractivity contribution in [1.29, 1.82) is 0 Å². The number of anilines is 1. The Bertz CT molecular complexity index is 1870. The summed E-state index contributed by atoms with van der Waals surface area (Å²) in [6.45, 7) is 8.93. The molecule has 2 heterocycles. The van der Waals surface area contributed by atoms with Crippen molar-refractivity contribution in [3.63, 3.8) is 0 Å². The number of nitrogens with one attached hydrogen (secondary N) is 3. The van der Waals surface area contributed by atoms with E-state index in [1.807, 2.05) is 61.5 Å². The molecule has 3 saturated carbocycles. The summed E-state index contributed by atoms with van der Waals surface area (Å²) in [6.07, 6.45) is 2.49. The third-order valence-corrected chi connectivity index (χ3v) is 13.6. The lowest BCUT2D eigenvalue weighted by atomic mass is 9.45. The number of carbonyl (C=O) groups excluding carboxylic acids is 2. The van der Waals surface area contributed by atoms with Crippen molar-refractivity contribution in [3.8, 4) is 16.9 Å². The number of hydrogen-bond donors (Lipinski definition) is 5. The maximum Gasteiger partial charge on any atom is 0.251 e. The molecule has 0 spiro atoms. The number of aliphatic hydroxyl groups excluding tert-OH is 2. The van der Waals surface area contributed by atoms with Crippen LogP contribution >= 0.6 is 0 Å². The predicted octanol–water partition coefficient (Wildman–Crippen LogP) is 5.31. The molecule has 3 aromatic rings. The predicted molar refractivity (Wildman–Crippen MR) is 218 cm³/mol. The molecule has 5 fully saturated rings. The number of ether oxygens (including phenoxy) is 1. The number of para-hydroxylation sites is 1. The summed E-state index contributed by atoms with van der Waals surface area (Å²) in [5, 5.41) is 33.2. The zero-order valence-electron chi connectivity index (χ0n) is 34.0. The fourth-order valence-corrected chi connectivity index (χ4v) is 10.2. The number of aliphatic hydroxyl groups is 2. The number of methoxy groups -OCH3 is 1. The fourth-order valence-electron chi connectivity index (χ4n) is 10.2. The van der Waals surface area contributed by atoms with E-state index in [0.29, 0.717) is 35.6 Å². The van der Waals surface area contributed by atoms with Crippen LogP contribution in [0.3, 0.4) is 0 Å². The van der Waals surface area contributed by atoms with E-state index in [0.717, 1.165) is 41.6 Å². The lowest BCUT2D eigenvalue weighted by Crippen LogP contribution is -2.62. The molecule has 5 aliphatic rings. The fraction of sp³-hybridized carbons (Fsp3) is 0.556. The van der Waals surface area contributed by atoms with Gasteiger partial charge in [-0.2, -0.15) is 5.06 Å². The van der Waals surface area contributed by atoms with Gasteiger partial charge < -0.3 is 35.8 Å². The second-order valence-corrected chi connectivity index (χ2v) is 17.5. The molecule has 8 rings (SSSR count). The van der Waals surface area contributed by atoms with Crippen LogP contribution in [0.5, 0.6) is 5.75 Å². The van der Waals surface area contributed by atoms with Crippen molar-refractivity contribution in [1.82, 2.24) is 21.0 Å².